The second-order valence-electron chi connectivity index (χ2n) is 5.63. The van der Waals surface area contributed by atoms with Gasteiger partial charge < -0.3 is 14.4 Å². The minimum absolute atomic E-state index is 0.0564. The molecule has 0 saturated carbocycles. The minimum Gasteiger partial charge on any atom is -0.486 e. The Kier molecular flexibility index (Phi) is 4.56. The second kappa shape index (κ2) is 6.44. The number of para-hydroxylation sites is 1. The lowest BCUT2D eigenvalue weighted by Gasteiger charge is -2.32. The van der Waals surface area contributed by atoms with Crippen molar-refractivity contribution >= 4 is 10.0 Å². The Hall–Kier alpha value is -1.31. The number of nitrogens with one attached hydrogen (secondary N) is 1. The normalized spacial score (nSPS) is 22.5. The number of hydrogen-bond donors (Lipinski definition) is 1. The number of rotatable bonds is 4. The average Bonchev–Trinajstić information content (AvgIpc) is 2.54. The van der Waals surface area contributed by atoms with Crippen molar-refractivity contribution < 1.29 is 17.9 Å². The number of nitrogens with zero attached hydrogens (tertiary/aromatic N) is 1. The van der Waals surface area contributed by atoms with Crippen molar-refractivity contribution in [3.05, 3.63) is 18.2 Å². The molecule has 1 atom stereocenters. The van der Waals surface area contributed by atoms with Gasteiger partial charge in [0.1, 0.15) is 18.1 Å². The van der Waals surface area contributed by atoms with Gasteiger partial charge in [0.05, 0.1) is 0 Å². The van der Waals surface area contributed by atoms with Gasteiger partial charge in [-0.2, -0.15) is 0 Å². The first-order chi connectivity index (χ1) is 10.6. The summed E-state index contributed by atoms with van der Waals surface area (Å²) in [6.45, 7) is 5.63. The van der Waals surface area contributed by atoms with Gasteiger partial charge in [-0.05, 0) is 38.1 Å². The van der Waals surface area contributed by atoms with Crippen LogP contribution in [0.2, 0.25) is 0 Å². The molecule has 2 heterocycles. The van der Waals surface area contributed by atoms with Gasteiger partial charge in [0.15, 0.2) is 11.5 Å². The lowest BCUT2D eigenvalue weighted by molar-refractivity contribution is 0.166. The monoisotopic (exact) mass is 326 g/mol. The first kappa shape index (κ1) is 15.6. The van der Waals surface area contributed by atoms with Crippen LogP contribution in [0.4, 0.5) is 0 Å². The Balaban J connectivity index is 1.81. The summed E-state index contributed by atoms with van der Waals surface area (Å²) >= 11 is 0. The predicted molar refractivity (Wildman–Crippen MR) is 82.9 cm³/mol. The van der Waals surface area contributed by atoms with Crippen molar-refractivity contribution in [2.45, 2.75) is 30.7 Å². The molecule has 22 heavy (non-hydrogen) atoms. The van der Waals surface area contributed by atoms with Crippen LogP contribution in [0.15, 0.2) is 23.1 Å². The first-order valence-corrected chi connectivity index (χ1v) is 9.22. The summed E-state index contributed by atoms with van der Waals surface area (Å²) in [6.07, 6.45) is 1.87. The summed E-state index contributed by atoms with van der Waals surface area (Å²) in [7, 11) is -3.61. The molecule has 0 amide bonds. The van der Waals surface area contributed by atoms with Crippen molar-refractivity contribution in [1.82, 2.24) is 9.62 Å². The predicted octanol–water partition coefficient (Wildman–Crippen LogP) is 1.22. The van der Waals surface area contributed by atoms with E-state index in [0.717, 1.165) is 32.5 Å². The summed E-state index contributed by atoms with van der Waals surface area (Å²) in [5.41, 5.74) is 0. The molecule has 0 radical (unpaired) electrons. The third-order valence-corrected chi connectivity index (χ3v) is 5.64. The molecule has 1 aromatic carbocycles. The van der Waals surface area contributed by atoms with E-state index >= 15 is 0 Å². The van der Waals surface area contributed by atoms with E-state index in [4.69, 9.17) is 9.47 Å². The van der Waals surface area contributed by atoms with Gasteiger partial charge in [-0.25, -0.2) is 13.1 Å². The van der Waals surface area contributed by atoms with Gasteiger partial charge in [-0.15, -0.1) is 0 Å². The van der Waals surface area contributed by atoms with Crippen molar-refractivity contribution in [3.63, 3.8) is 0 Å². The van der Waals surface area contributed by atoms with E-state index in [0.29, 0.717) is 24.7 Å². The Bertz CT molecular complexity index is 632. The fraction of sp³-hybridized carbons (Fsp3) is 0.600. The van der Waals surface area contributed by atoms with Crippen molar-refractivity contribution in [2.75, 3.05) is 32.8 Å². The van der Waals surface area contributed by atoms with E-state index in [-0.39, 0.29) is 10.9 Å². The third-order valence-electron chi connectivity index (χ3n) is 4.09. The number of ether oxygens (including phenoxy) is 2. The first-order valence-electron chi connectivity index (χ1n) is 7.73. The molecule has 1 saturated heterocycles. The Morgan fingerprint density at radius 3 is 2.95 bits per heavy atom. The number of piperidine rings is 1. The van der Waals surface area contributed by atoms with Crippen molar-refractivity contribution in [1.29, 1.82) is 0 Å². The van der Waals surface area contributed by atoms with Crippen molar-refractivity contribution in [2.24, 2.45) is 0 Å². The highest BCUT2D eigenvalue weighted by Gasteiger charge is 2.29. The topological polar surface area (TPSA) is 67.9 Å². The summed E-state index contributed by atoms with van der Waals surface area (Å²) in [4.78, 5) is 2.43. The minimum atomic E-state index is -3.61. The molecular weight excluding hydrogens is 304 g/mol. The number of benzene rings is 1. The molecule has 0 spiro atoms. The quantitative estimate of drug-likeness (QED) is 0.901. The van der Waals surface area contributed by atoms with Gasteiger partial charge in [-0.1, -0.05) is 13.0 Å². The Morgan fingerprint density at radius 2 is 2.14 bits per heavy atom. The zero-order valence-corrected chi connectivity index (χ0v) is 13.6. The maximum Gasteiger partial charge on any atom is 0.244 e. The summed E-state index contributed by atoms with van der Waals surface area (Å²) < 4.78 is 39.2. The highest BCUT2D eigenvalue weighted by molar-refractivity contribution is 7.89. The van der Waals surface area contributed by atoms with Crippen LogP contribution in [-0.2, 0) is 10.0 Å². The van der Waals surface area contributed by atoms with Gasteiger partial charge in [0.2, 0.25) is 10.0 Å². The molecule has 7 heteroatoms. The van der Waals surface area contributed by atoms with E-state index in [2.05, 4.69) is 16.5 Å². The van der Waals surface area contributed by atoms with Gasteiger partial charge >= 0.3 is 0 Å². The molecule has 0 aromatic heterocycles. The molecule has 122 valence electrons. The molecule has 1 fully saturated rings. The van der Waals surface area contributed by atoms with Gasteiger partial charge in [0.25, 0.3) is 0 Å². The van der Waals surface area contributed by atoms with E-state index < -0.39 is 10.0 Å². The van der Waals surface area contributed by atoms with Crippen LogP contribution in [0.5, 0.6) is 11.5 Å². The Morgan fingerprint density at radius 1 is 1.32 bits per heavy atom. The lowest BCUT2D eigenvalue weighted by atomic mass is 10.1. The number of likely N-dealkylation sites (tertiary alicyclic amines) is 1. The number of likely N-dealkylation sites (N-methyl/N-ethyl adjacent to an activating group) is 1. The molecule has 1 N–H and O–H groups in total. The second-order valence-corrected chi connectivity index (χ2v) is 7.32. The summed E-state index contributed by atoms with van der Waals surface area (Å²) in [6, 6.07) is 4.92. The summed E-state index contributed by atoms with van der Waals surface area (Å²) in [5.74, 6) is 0.817. The van der Waals surface area contributed by atoms with E-state index in [1.807, 2.05) is 0 Å². The number of fused-ring (bicyclic) bond motifs is 1. The van der Waals surface area contributed by atoms with Crippen LogP contribution in [0, 0.1) is 0 Å². The van der Waals surface area contributed by atoms with E-state index in [1.165, 1.54) is 0 Å². The molecule has 1 unspecified atom stereocenters. The largest absolute Gasteiger partial charge is 0.486 e. The molecule has 2 aliphatic heterocycles. The molecule has 6 nitrogen and oxygen atoms in total. The van der Waals surface area contributed by atoms with Crippen LogP contribution in [0.3, 0.4) is 0 Å². The van der Waals surface area contributed by atoms with Crippen LogP contribution in [0.25, 0.3) is 0 Å². The standard InChI is InChI=1S/C15H22N2O4S/c1-2-17-8-4-5-12(11-17)16-22(18,19)14-7-3-6-13-15(14)21-10-9-20-13/h3,6-7,12,16H,2,4-5,8-11H2,1H3. The molecule has 1 aromatic rings. The zero-order valence-electron chi connectivity index (χ0n) is 12.7. The SMILES string of the molecule is CCN1CCCC(NS(=O)(=O)c2cccc3c2OCCO3)C1. The van der Waals surface area contributed by atoms with Crippen LogP contribution in [-0.4, -0.2) is 52.2 Å². The maximum atomic E-state index is 12.7. The fourth-order valence-electron chi connectivity index (χ4n) is 2.98. The fourth-order valence-corrected chi connectivity index (χ4v) is 4.40. The molecular formula is C15H22N2O4S. The molecule has 0 aliphatic carbocycles. The van der Waals surface area contributed by atoms with Crippen LogP contribution >= 0.6 is 0 Å². The van der Waals surface area contributed by atoms with Crippen molar-refractivity contribution in [3.8, 4) is 11.5 Å². The molecule has 2 aliphatic rings. The average molecular weight is 326 g/mol. The van der Waals surface area contributed by atoms with Gasteiger partial charge in [0, 0.05) is 12.6 Å². The molecule has 3 rings (SSSR count). The van der Waals surface area contributed by atoms with Crippen LogP contribution < -0.4 is 14.2 Å². The van der Waals surface area contributed by atoms with Gasteiger partial charge in [-0.3, -0.25) is 0 Å². The Labute approximate surface area is 131 Å². The maximum absolute atomic E-state index is 12.7. The number of hydrogen-bond acceptors (Lipinski definition) is 5. The molecule has 0 bridgehead atoms. The smallest absolute Gasteiger partial charge is 0.244 e. The lowest BCUT2D eigenvalue weighted by Crippen LogP contribution is -2.47. The highest BCUT2D eigenvalue weighted by Crippen LogP contribution is 2.36. The highest BCUT2D eigenvalue weighted by atomic mass is 32.2. The third kappa shape index (κ3) is 3.21. The number of sulfonamides is 1. The van der Waals surface area contributed by atoms with E-state index in [9.17, 15) is 8.42 Å². The van der Waals surface area contributed by atoms with Crippen LogP contribution in [0.1, 0.15) is 19.8 Å². The summed E-state index contributed by atoms with van der Waals surface area (Å²) in [5, 5.41) is 0. The van der Waals surface area contributed by atoms with E-state index in [1.54, 1.807) is 18.2 Å². The zero-order chi connectivity index (χ0) is 15.6.